The van der Waals surface area contributed by atoms with Gasteiger partial charge in [-0.3, -0.25) is 0 Å². The molecule has 1 aromatic carbocycles. The summed E-state index contributed by atoms with van der Waals surface area (Å²) in [6.45, 7) is 0. The van der Waals surface area contributed by atoms with E-state index in [9.17, 15) is 8.78 Å². The largest absolute Gasteiger partial charge is 0.322 e. The van der Waals surface area contributed by atoms with Crippen LogP contribution in [-0.4, -0.2) is 12.0 Å². The van der Waals surface area contributed by atoms with Crippen LogP contribution in [-0.2, 0) is 0 Å². The van der Waals surface area contributed by atoms with E-state index in [2.05, 4.69) is 0 Å². The maximum Gasteiger partial charge on any atom is 0.272 e. The van der Waals surface area contributed by atoms with Crippen LogP contribution in [0.25, 0.3) is 0 Å². The zero-order valence-electron chi connectivity index (χ0n) is 6.37. The van der Waals surface area contributed by atoms with Crippen molar-refractivity contribution < 1.29 is 8.78 Å². The van der Waals surface area contributed by atoms with Crippen molar-refractivity contribution in [2.45, 2.75) is 17.9 Å². The van der Waals surface area contributed by atoms with Crippen LogP contribution in [0.2, 0.25) is 0 Å². The molecule has 2 atom stereocenters. The SMILES string of the molecule is N[C@@H]1[C@@H](c2ccccc2)C1(F)F. The van der Waals surface area contributed by atoms with Gasteiger partial charge in [-0.25, -0.2) is 8.78 Å². The van der Waals surface area contributed by atoms with Crippen molar-refractivity contribution in [2.24, 2.45) is 5.73 Å². The summed E-state index contributed by atoms with van der Waals surface area (Å²) in [5, 5.41) is 0. The monoisotopic (exact) mass is 169 g/mol. The Morgan fingerprint density at radius 2 is 1.67 bits per heavy atom. The van der Waals surface area contributed by atoms with Crippen LogP contribution in [0.3, 0.4) is 0 Å². The normalized spacial score (nSPS) is 31.6. The topological polar surface area (TPSA) is 26.0 Å². The molecule has 0 spiro atoms. The fraction of sp³-hybridized carbons (Fsp3) is 0.333. The molecule has 0 saturated heterocycles. The van der Waals surface area contributed by atoms with Gasteiger partial charge in [-0.2, -0.15) is 0 Å². The Kier molecular flexibility index (Phi) is 1.45. The standard InChI is InChI=1S/C9H9F2N/c10-9(11)7(8(9)12)6-4-2-1-3-5-6/h1-5,7-8H,12H2/t7-,8-/m1/s1. The van der Waals surface area contributed by atoms with E-state index in [4.69, 9.17) is 5.73 Å². The van der Waals surface area contributed by atoms with Crippen molar-refractivity contribution in [3.05, 3.63) is 35.9 Å². The predicted molar refractivity (Wildman–Crippen MR) is 42.1 cm³/mol. The molecule has 1 nitrogen and oxygen atoms in total. The van der Waals surface area contributed by atoms with E-state index in [1.165, 1.54) is 0 Å². The van der Waals surface area contributed by atoms with Crippen LogP contribution in [0.5, 0.6) is 0 Å². The zero-order chi connectivity index (χ0) is 8.77. The van der Waals surface area contributed by atoms with E-state index in [1.54, 1.807) is 30.3 Å². The van der Waals surface area contributed by atoms with Crippen LogP contribution < -0.4 is 5.73 Å². The van der Waals surface area contributed by atoms with Crippen molar-refractivity contribution in [3.8, 4) is 0 Å². The molecule has 0 radical (unpaired) electrons. The average Bonchev–Trinajstić information content (AvgIpc) is 2.53. The molecule has 1 fully saturated rings. The average molecular weight is 169 g/mol. The van der Waals surface area contributed by atoms with Crippen molar-refractivity contribution in [1.29, 1.82) is 0 Å². The zero-order valence-corrected chi connectivity index (χ0v) is 6.37. The highest BCUT2D eigenvalue weighted by Crippen LogP contribution is 2.54. The van der Waals surface area contributed by atoms with Crippen LogP contribution in [0.15, 0.2) is 30.3 Å². The summed E-state index contributed by atoms with van der Waals surface area (Å²) in [4.78, 5) is 0. The first-order chi connectivity index (χ1) is 5.64. The number of rotatable bonds is 1. The lowest BCUT2D eigenvalue weighted by molar-refractivity contribution is 0.105. The summed E-state index contributed by atoms with van der Waals surface area (Å²) in [5.74, 6) is -3.46. The van der Waals surface area contributed by atoms with E-state index < -0.39 is 17.9 Å². The Morgan fingerprint density at radius 3 is 2.08 bits per heavy atom. The highest BCUT2D eigenvalue weighted by Gasteiger charge is 2.66. The molecular weight excluding hydrogens is 160 g/mol. The summed E-state index contributed by atoms with van der Waals surface area (Å²) in [5.41, 5.74) is 5.86. The van der Waals surface area contributed by atoms with E-state index in [0.29, 0.717) is 5.56 Å². The number of nitrogens with two attached hydrogens (primary N) is 1. The number of halogens is 2. The van der Waals surface area contributed by atoms with Gasteiger partial charge in [0.05, 0.1) is 12.0 Å². The number of hydrogen-bond acceptors (Lipinski definition) is 1. The highest BCUT2D eigenvalue weighted by molar-refractivity contribution is 5.34. The Bertz CT molecular complexity index is 284. The Morgan fingerprint density at radius 1 is 1.17 bits per heavy atom. The number of benzene rings is 1. The highest BCUT2D eigenvalue weighted by atomic mass is 19.3. The van der Waals surface area contributed by atoms with Crippen LogP contribution >= 0.6 is 0 Å². The first-order valence-electron chi connectivity index (χ1n) is 3.82. The van der Waals surface area contributed by atoms with Gasteiger partial charge in [0.1, 0.15) is 0 Å². The van der Waals surface area contributed by atoms with Crippen molar-refractivity contribution in [3.63, 3.8) is 0 Å². The van der Waals surface area contributed by atoms with E-state index in [1.807, 2.05) is 0 Å². The van der Waals surface area contributed by atoms with E-state index in [-0.39, 0.29) is 0 Å². The molecule has 1 aromatic rings. The van der Waals surface area contributed by atoms with Gasteiger partial charge in [-0.15, -0.1) is 0 Å². The van der Waals surface area contributed by atoms with Crippen LogP contribution in [0.1, 0.15) is 11.5 Å². The first kappa shape index (κ1) is 7.68. The third-order valence-electron chi connectivity index (χ3n) is 2.27. The molecule has 0 bridgehead atoms. The van der Waals surface area contributed by atoms with E-state index in [0.717, 1.165) is 0 Å². The lowest BCUT2D eigenvalue weighted by atomic mass is 10.1. The lowest BCUT2D eigenvalue weighted by Gasteiger charge is -1.95. The molecule has 0 aliphatic heterocycles. The summed E-state index contributed by atoms with van der Waals surface area (Å²) in [7, 11) is 0. The molecule has 2 rings (SSSR count). The molecule has 12 heavy (non-hydrogen) atoms. The molecule has 1 aliphatic rings. The van der Waals surface area contributed by atoms with Gasteiger partial charge in [-0.05, 0) is 5.56 Å². The van der Waals surface area contributed by atoms with Crippen molar-refractivity contribution in [1.82, 2.24) is 0 Å². The number of hydrogen-bond donors (Lipinski definition) is 1. The molecule has 64 valence electrons. The molecule has 0 unspecified atom stereocenters. The van der Waals surface area contributed by atoms with Gasteiger partial charge in [-0.1, -0.05) is 30.3 Å². The minimum Gasteiger partial charge on any atom is -0.322 e. The van der Waals surface area contributed by atoms with Gasteiger partial charge in [0, 0.05) is 0 Å². The third-order valence-corrected chi connectivity index (χ3v) is 2.27. The molecule has 2 N–H and O–H groups in total. The Labute approximate surface area is 69.2 Å². The quantitative estimate of drug-likeness (QED) is 0.680. The van der Waals surface area contributed by atoms with Gasteiger partial charge < -0.3 is 5.73 Å². The van der Waals surface area contributed by atoms with E-state index >= 15 is 0 Å². The second-order valence-electron chi connectivity index (χ2n) is 3.09. The molecular formula is C9H9F2N. The summed E-state index contributed by atoms with van der Waals surface area (Å²) in [6.07, 6.45) is 0. The van der Waals surface area contributed by atoms with Crippen molar-refractivity contribution in [2.75, 3.05) is 0 Å². The fourth-order valence-corrected chi connectivity index (χ4v) is 1.44. The smallest absolute Gasteiger partial charge is 0.272 e. The van der Waals surface area contributed by atoms with Gasteiger partial charge in [0.2, 0.25) is 0 Å². The predicted octanol–water partition coefficient (Wildman–Crippen LogP) is 1.75. The summed E-state index contributed by atoms with van der Waals surface area (Å²) >= 11 is 0. The maximum atomic E-state index is 12.8. The Balaban J connectivity index is 2.25. The number of alkyl halides is 2. The fourth-order valence-electron chi connectivity index (χ4n) is 1.44. The molecule has 1 aliphatic carbocycles. The minimum absolute atomic E-state index is 0.634. The molecule has 0 aromatic heterocycles. The van der Waals surface area contributed by atoms with Crippen molar-refractivity contribution >= 4 is 0 Å². The molecule has 1 saturated carbocycles. The van der Waals surface area contributed by atoms with Gasteiger partial charge in [0.15, 0.2) is 0 Å². The third kappa shape index (κ3) is 0.932. The Hall–Kier alpha value is -0.960. The summed E-state index contributed by atoms with van der Waals surface area (Å²) < 4.78 is 25.5. The molecule has 0 heterocycles. The maximum absolute atomic E-state index is 12.8. The summed E-state index contributed by atoms with van der Waals surface area (Å²) in [6, 6.07) is 7.68. The first-order valence-corrected chi connectivity index (χ1v) is 3.82. The minimum atomic E-state index is -2.69. The molecule has 3 heteroatoms. The second kappa shape index (κ2) is 2.26. The van der Waals surface area contributed by atoms with Gasteiger partial charge in [0.25, 0.3) is 5.92 Å². The molecule has 0 amide bonds. The van der Waals surface area contributed by atoms with Crippen LogP contribution in [0, 0.1) is 0 Å². The van der Waals surface area contributed by atoms with Crippen LogP contribution in [0.4, 0.5) is 8.78 Å². The second-order valence-corrected chi connectivity index (χ2v) is 3.09. The van der Waals surface area contributed by atoms with Gasteiger partial charge >= 0.3 is 0 Å². The lowest BCUT2D eigenvalue weighted by Crippen LogP contribution is -2.08.